The predicted octanol–water partition coefficient (Wildman–Crippen LogP) is 2.17. The zero-order chi connectivity index (χ0) is 15.4. The van der Waals surface area contributed by atoms with E-state index in [0.717, 1.165) is 21.3 Å². The number of hydrazone groups is 1. The lowest BCUT2D eigenvalue weighted by molar-refractivity contribution is 0.0954. The van der Waals surface area contributed by atoms with E-state index in [-0.39, 0.29) is 5.56 Å². The average Bonchev–Trinajstić information content (AvgIpc) is 2.46. The molecule has 0 aliphatic rings. The molecule has 1 amide bonds. The molecule has 0 aromatic heterocycles. The predicted molar refractivity (Wildman–Crippen MR) is 85.7 cm³/mol. The van der Waals surface area contributed by atoms with Crippen LogP contribution < -0.4 is 5.43 Å². The Hall–Kier alpha value is -2.29. The van der Waals surface area contributed by atoms with E-state index < -0.39 is 23.2 Å². The first-order valence-corrected chi connectivity index (χ1v) is 6.90. The Balaban J connectivity index is 2.11. The Morgan fingerprint density at radius 2 is 1.76 bits per heavy atom. The van der Waals surface area contributed by atoms with Crippen molar-refractivity contribution in [1.82, 2.24) is 5.43 Å². The van der Waals surface area contributed by atoms with E-state index in [9.17, 15) is 20.1 Å². The van der Waals surface area contributed by atoms with Crippen LogP contribution in [0.3, 0.4) is 0 Å². The molecule has 0 radical (unpaired) electrons. The number of nitrogens with zero attached hydrogens (tertiary/aromatic N) is 1. The fourth-order valence-electron chi connectivity index (χ4n) is 1.54. The maximum atomic E-state index is 11.8. The number of hydrogen-bond donors (Lipinski definition) is 4. The fourth-order valence-corrected chi connectivity index (χ4v) is 2.07. The summed E-state index contributed by atoms with van der Waals surface area (Å²) in [7, 11) is 0. The zero-order valence-corrected chi connectivity index (χ0v) is 12.8. The number of rotatable bonds is 3. The minimum Gasteiger partial charge on any atom is -0.504 e. The smallest absolute Gasteiger partial charge is 0.271 e. The molecule has 2 rings (SSSR count). The standard InChI is InChI=1S/C14H11IN2O4/c15-10-4-2-1-3-8(10)7-16-17-14(21)9-5-11(18)13(20)12(19)6-9/h1-7,18-20H,(H,17,21). The number of phenolic OH excluding ortho intramolecular Hbond substituents is 3. The van der Waals surface area contributed by atoms with Gasteiger partial charge in [-0.1, -0.05) is 18.2 Å². The summed E-state index contributed by atoms with van der Waals surface area (Å²) in [5, 5.41) is 31.7. The molecule has 0 unspecified atom stereocenters. The van der Waals surface area contributed by atoms with Gasteiger partial charge in [0.05, 0.1) is 6.21 Å². The van der Waals surface area contributed by atoms with Crippen molar-refractivity contribution in [2.75, 3.05) is 0 Å². The van der Waals surface area contributed by atoms with E-state index in [0.29, 0.717) is 0 Å². The summed E-state index contributed by atoms with van der Waals surface area (Å²) in [6.45, 7) is 0. The highest BCUT2D eigenvalue weighted by Crippen LogP contribution is 2.35. The summed E-state index contributed by atoms with van der Waals surface area (Å²) in [4.78, 5) is 11.8. The van der Waals surface area contributed by atoms with Crippen molar-refractivity contribution in [3.63, 3.8) is 0 Å². The largest absolute Gasteiger partial charge is 0.504 e. The van der Waals surface area contributed by atoms with Gasteiger partial charge in [0.25, 0.3) is 5.91 Å². The van der Waals surface area contributed by atoms with E-state index in [2.05, 4.69) is 33.1 Å². The van der Waals surface area contributed by atoms with Gasteiger partial charge in [-0.3, -0.25) is 4.79 Å². The lowest BCUT2D eigenvalue weighted by Crippen LogP contribution is -2.17. The van der Waals surface area contributed by atoms with Crippen LogP contribution in [0.15, 0.2) is 41.5 Å². The summed E-state index contributed by atoms with van der Waals surface area (Å²) < 4.78 is 0.980. The van der Waals surface area contributed by atoms with Crippen molar-refractivity contribution in [2.45, 2.75) is 0 Å². The van der Waals surface area contributed by atoms with Crippen LogP contribution in [0.1, 0.15) is 15.9 Å². The molecule has 2 aromatic rings. The first-order chi connectivity index (χ1) is 9.99. The summed E-state index contributed by atoms with van der Waals surface area (Å²) in [5.41, 5.74) is 3.09. The van der Waals surface area contributed by atoms with Crippen molar-refractivity contribution in [3.8, 4) is 17.2 Å². The van der Waals surface area contributed by atoms with E-state index >= 15 is 0 Å². The van der Waals surface area contributed by atoms with Gasteiger partial charge in [0.2, 0.25) is 0 Å². The van der Waals surface area contributed by atoms with Crippen LogP contribution in [-0.2, 0) is 0 Å². The van der Waals surface area contributed by atoms with Crippen LogP contribution in [0.25, 0.3) is 0 Å². The zero-order valence-electron chi connectivity index (χ0n) is 10.6. The summed E-state index contributed by atoms with van der Waals surface area (Å²) in [6.07, 6.45) is 1.49. The Bertz CT molecular complexity index is 693. The van der Waals surface area contributed by atoms with Crippen molar-refractivity contribution >= 4 is 34.7 Å². The third-order valence-electron chi connectivity index (χ3n) is 2.61. The highest BCUT2D eigenvalue weighted by molar-refractivity contribution is 14.1. The highest BCUT2D eigenvalue weighted by Gasteiger charge is 2.12. The molecule has 108 valence electrons. The topological polar surface area (TPSA) is 102 Å². The molecule has 0 saturated carbocycles. The number of aromatic hydroxyl groups is 3. The van der Waals surface area contributed by atoms with Crippen LogP contribution in [0.5, 0.6) is 17.2 Å². The molecule has 0 saturated heterocycles. The van der Waals surface area contributed by atoms with E-state index in [1.54, 1.807) is 0 Å². The molecule has 0 aliphatic carbocycles. The minimum absolute atomic E-state index is 0.0253. The SMILES string of the molecule is O=C(NN=Cc1ccccc1I)c1cc(O)c(O)c(O)c1. The number of carbonyl (C=O) groups is 1. The second kappa shape index (κ2) is 6.44. The highest BCUT2D eigenvalue weighted by atomic mass is 127. The number of phenols is 3. The molecule has 2 aromatic carbocycles. The molecule has 4 N–H and O–H groups in total. The van der Waals surface area contributed by atoms with Gasteiger partial charge in [-0.25, -0.2) is 5.43 Å². The number of nitrogens with one attached hydrogen (secondary N) is 1. The van der Waals surface area contributed by atoms with Gasteiger partial charge in [-0.15, -0.1) is 0 Å². The van der Waals surface area contributed by atoms with Gasteiger partial charge in [0.15, 0.2) is 17.2 Å². The monoisotopic (exact) mass is 398 g/mol. The average molecular weight is 398 g/mol. The maximum absolute atomic E-state index is 11.8. The second-order valence-electron chi connectivity index (χ2n) is 4.08. The molecule has 21 heavy (non-hydrogen) atoms. The first-order valence-electron chi connectivity index (χ1n) is 5.82. The summed E-state index contributed by atoms with van der Waals surface area (Å²) >= 11 is 2.14. The Kier molecular flexibility index (Phi) is 4.63. The summed E-state index contributed by atoms with van der Waals surface area (Å²) in [5.74, 6) is -2.46. The molecule has 0 spiro atoms. The van der Waals surface area contributed by atoms with E-state index in [4.69, 9.17) is 0 Å². The lowest BCUT2D eigenvalue weighted by Gasteiger charge is -2.04. The van der Waals surface area contributed by atoms with Gasteiger partial charge in [-0.05, 0) is 40.8 Å². The van der Waals surface area contributed by atoms with Crippen LogP contribution >= 0.6 is 22.6 Å². The molecule has 0 fully saturated rings. The number of amides is 1. The quantitative estimate of drug-likeness (QED) is 0.276. The maximum Gasteiger partial charge on any atom is 0.271 e. The van der Waals surface area contributed by atoms with Gasteiger partial charge in [0, 0.05) is 14.7 Å². The molecule has 0 bridgehead atoms. The van der Waals surface area contributed by atoms with E-state index in [1.165, 1.54) is 6.21 Å². The molecular formula is C14H11IN2O4. The molecule has 0 heterocycles. The number of carbonyl (C=O) groups excluding carboxylic acids is 1. The van der Waals surface area contributed by atoms with Crippen LogP contribution in [-0.4, -0.2) is 27.4 Å². The van der Waals surface area contributed by atoms with Crippen molar-refractivity contribution in [3.05, 3.63) is 51.1 Å². The van der Waals surface area contributed by atoms with Crippen LogP contribution in [0.4, 0.5) is 0 Å². The molecule has 0 aliphatic heterocycles. The molecular weight excluding hydrogens is 387 g/mol. The number of benzene rings is 2. The number of halogens is 1. The van der Waals surface area contributed by atoms with Crippen molar-refractivity contribution in [2.24, 2.45) is 5.10 Å². The van der Waals surface area contributed by atoms with Crippen molar-refractivity contribution < 1.29 is 20.1 Å². The third kappa shape index (κ3) is 3.63. The Labute approximate surface area is 133 Å². The van der Waals surface area contributed by atoms with Gasteiger partial charge >= 0.3 is 0 Å². The molecule has 7 heteroatoms. The van der Waals surface area contributed by atoms with Crippen LogP contribution in [0.2, 0.25) is 0 Å². The fraction of sp³-hybridized carbons (Fsp3) is 0. The van der Waals surface area contributed by atoms with Gasteiger partial charge in [0.1, 0.15) is 0 Å². The third-order valence-corrected chi connectivity index (χ3v) is 3.59. The van der Waals surface area contributed by atoms with Crippen molar-refractivity contribution in [1.29, 1.82) is 0 Å². The van der Waals surface area contributed by atoms with Crippen LogP contribution in [0, 0.1) is 3.57 Å². The Morgan fingerprint density at radius 3 is 2.38 bits per heavy atom. The first kappa shape index (κ1) is 15.1. The normalized spacial score (nSPS) is 10.7. The van der Waals surface area contributed by atoms with Gasteiger partial charge < -0.3 is 15.3 Å². The van der Waals surface area contributed by atoms with E-state index in [1.807, 2.05) is 24.3 Å². The van der Waals surface area contributed by atoms with Gasteiger partial charge in [-0.2, -0.15) is 5.10 Å². The molecule has 0 atom stereocenters. The lowest BCUT2D eigenvalue weighted by atomic mass is 10.2. The minimum atomic E-state index is -0.672. The Morgan fingerprint density at radius 1 is 1.14 bits per heavy atom. The molecule has 6 nitrogen and oxygen atoms in total. The second-order valence-corrected chi connectivity index (χ2v) is 5.25. The number of hydrogen-bond acceptors (Lipinski definition) is 5. The summed E-state index contributed by atoms with van der Waals surface area (Å²) in [6, 6.07) is 9.55.